The molecule has 0 heterocycles. The number of carbonyl (C=O) groups is 1. The third-order valence-corrected chi connectivity index (χ3v) is 2.83. The highest BCUT2D eigenvalue weighted by Gasteiger charge is 2.11. The molecule has 0 radical (unpaired) electrons. The standard InChI is InChI=1S/C10H7Cl2N3O3/c1-18-7-3-2-5(8(11)9(7)12)4-6(10(16)17)14-15-13/h2-4,13H,1H3/b6-4-. The maximum atomic E-state index is 10.7. The molecular formula is C10H7Cl2N3O3. The molecule has 0 aliphatic carbocycles. The van der Waals surface area contributed by atoms with Gasteiger partial charge in [-0.2, -0.15) is 0 Å². The number of hydrogen-bond donors (Lipinski definition) is 1. The molecule has 8 heteroatoms. The number of halogens is 2. The second-order valence-electron chi connectivity index (χ2n) is 3.00. The van der Waals surface area contributed by atoms with E-state index in [0.29, 0.717) is 11.3 Å². The van der Waals surface area contributed by atoms with E-state index in [4.69, 9.17) is 33.5 Å². The van der Waals surface area contributed by atoms with Gasteiger partial charge < -0.3 is 14.6 Å². The predicted molar refractivity (Wildman–Crippen MR) is 63.3 cm³/mol. The Morgan fingerprint density at radius 2 is 2.17 bits per heavy atom. The van der Waals surface area contributed by atoms with E-state index in [2.05, 4.69) is 10.0 Å². The summed E-state index contributed by atoms with van der Waals surface area (Å²) in [4.78, 5) is 13.3. The summed E-state index contributed by atoms with van der Waals surface area (Å²) in [6.45, 7) is 0. The summed E-state index contributed by atoms with van der Waals surface area (Å²) >= 11 is 11.8. The van der Waals surface area contributed by atoms with Gasteiger partial charge in [0.15, 0.2) is 10.8 Å². The molecule has 1 aromatic rings. The number of benzene rings is 1. The molecule has 0 aliphatic heterocycles. The molecule has 0 spiro atoms. The van der Waals surface area contributed by atoms with Crippen molar-refractivity contribution in [3.63, 3.8) is 0 Å². The molecule has 94 valence electrons. The lowest BCUT2D eigenvalue weighted by Crippen LogP contribution is -2.23. The van der Waals surface area contributed by atoms with E-state index in [0.717, 1.165) is 6.08 Å². The van der Waals surface area contributed by atoms with E-state index in [1.54, 1.807) is 0 Å². The molecule has 0 unspecified atom stereocenters. The van der Waals surface area contributed by atoms with E-state index >= 15 is 0 Å². The number of carboxylic acid groups (broad SMARTS) is 1. The van der Waals surface area contributed by atoms with Gasteiger partial charge in [-0.15, -0.1) is 0 Å². The number of carbonyl (C=O) groups excluding carboxylic acids is 1. The summed E-state index contributed by atoms with van der Waals surface area (Å²) in [5.41, 5.74) is 6.27. The molecule has 0 aliphatic rings. The first-order chi connectivity index (χ1) is 8.51. The van der Waals surface area contributed by atoms with Crippen molar-refractivity contribution in [2.24, 2.45) is 5.11 Å². The first-order valence-corrected chi connectivity index (χ1v) is 5.29. The number of nitrogens with zero attached hydrogens (tertiary/aromatic N) is 2. The van der Waals surface area contributed by atoms with Gasteiger partial charge >= 0.3 is 0 Å². The average molecular weight is 288 g/mol. The van der Waals surface area contributed by atoms with Gasteiger partial charge in [-0.3, -0.25) is 0 Å². The van der Waals surface area contributed by atoms with Crippen LogP contribution in [0.15, 0.2) is 22.9 Å². The third-order valence-electron chi connectivity index (χ3n) is 1.96. The van der Waals surface area contributed by atoms with Crippen LogP contribution in [0, 0.1) is 5.53 Å². The summed E-state index contributed by atoms with van der Waals surface area (Å²) in [5, 5.41) is 14.0. The molecule has 0 saturated carbocycles. The second kappa shape index (κ2) is 6.16. The predicted octanol–water partition coefficient (Wildman–Crippen LogP) is 1.64. The molecule has 0 saturated heterocycles. The van der Waals surface area contributed by atoms with Gasteiger partial charge in [0, 0.05) is 0 Å². The SMILES string of the molecule is COc1ccc(/C=C(\N=[N+]=N)C(=O)[O-])c(Cl)c1Cl. The molecule has 0 amide bonds. The van der Waals surface area contributed by atoms with Gasteiger partial charge in [-0.25, -0.2) is 0 Å². The first kappa shape index (κ1) is 14.2. The van der Waals surface area contributed by atoms with Crippen LogP contribution in [0.1, 0.15) is 5.56 Å². The zero-order valence-corrected chi connectivity index (χ0v) is 10.6. The highest BCUT2D eigenvalue weighted by Crippen LogP contribution is 2.35. The Morgan fingerprint density at radius 1 is 1.50 bits per heavy atom. The van der Waals surface area contributed by atoms with E-state index in [-0.39, 0.29) is 10.0 Å². The minimum Gasteiger partial charge on any atom is -0.543 e. The van der Waals surface area contributed by atoms with Crippen LogP contribution in [-0.4, -0.2) is 13.1 Å². The number of nitrogens with one attached hydrogen (secondary N) is 1. The van der Waals surface area contributed by atoms with Crippen LogP contribution in [0.2, 0.25) is 10.0 Å². The lowest BCUT2D eigenvalue weighted by molar-refractivity contribution is -0.299. The maximum Gasteiger partial charge on any atom is 0.220 e. The second-order valence-corrected chi connectivity index (χ2v) is 3.76. The summed E-state index contributed by atoms with van der Waals surface area (Å²) in [6, 6.07) is 3.01. The zero-order chi connectivity index (χ0) is 13.7. The number of carboxylic acids is 1. The zero-order valence-electron chi connectivity index (χ0n) is 9.11. The molecule has 1 rings (SSSR count). The van der Waals surface area contributed by atoms with E-state index in [1.807, 2.05) is 0 Å². The Morgan fingerprint density at radius 3 is 2.67 bits per heavy atom. The topological polar surface area (TPSA) is 99.7 Å². The van der Waals surface area contributed by atoms with Crippen LogP contribution < -0.4 is 14.8 Å². The number of methoxy groups -OCH3 is 1. The molecule has 1 aromatic carbocycles. The summed E-state index contributed by atoms with van der Waals surface area (Å²) in [6.07, 6.45) is 1.10. The smallest absolute Gasteiger partial charge is 0.220 e. The van der Waals surface area contributed by atoms with Crippen LogP contribution in [0.5, 0.6) is 5.75 Å². The quantitative estimate of drug-likeness (QED) is 0.517. The van der Waals surface area contributed by atoms with Gasteiger partial charge in [0.05, 0.1) is 18.1 Å². The molecule has 0 aromatic heterocycles. The van der Waals surface area contributed by atoms with E-state index in [9.17, 15) is 9.90 Å². The van der Waals surface area contributed by atoms with Crippen LogP contribution in [0.25, 0.3) is 6.08 Å². The molecular weight excluding hydrogens is 281 g/mol. The Hall–Kier alpha value is -1.88. The number of hydrogen-bond acceptors (Lipinski definition) is 5. The highest BCUT2D eigenvalue weighted by atomic mass is 35.5. The maximum absolute atomic E-state index is 10.7. The molecule has 0 fully saturated rings. The normalized spacial score (nSPS) is 10.7. The molecule has 0 atom stereocenters. The van der Waals surface area contributed by atoms with Gasteiger partial charge in [-0.05, 0) is 23.8 Å². The van der Waals surface area contributed by atoms with Gasteiger partial charge in [0.2, 0.25) is 4.91 Å². The number of ether oxygens (including phenoxy) is 1. The van der Waals surface area contributed by atoms with Crippen LogP contribution in [0.3, 0.4) is 0 Å². The van der Waals surface area contributed by atoms with Crippen molar-refractivity contribution in [3.05, 3.63) is 33.4 Å². The van der Waals surface area contributed by atoms with Crippen molar-refractivity contribution in [1.29, 1.82) is 5.53 Å². The molecule has 18 heavy (non-hydrogen) atoms. The minimum atomic E-state index is -1.57. The Balaban J connectivity index is 3.34. The van der Waals surface area contributed by atoms with Crippen molar-refractivity contribution in [2.75, 3.05) is 7.11 Å². The lowest BCUT2D eigenvalue weighted by atomic mass is 10.2. The summed E-state index contributed by atoms with van der Waals surface area (Å²) in [5.74, 6) is -1.22. The van der Waals surface area contributed by atoms with E-state index in [1.165, 1.54) is 19.2 Å². The van der Waals surface area contributed by atoms with Crippen molar-refractivity contribution < 1.29 is 14.6 Å². The van der Waals surface area contributed by atoms with Crippen LogP contribution >= 0.6 is 23.2 Å². The Kier molecular flexibility index (Phi) is 4.85. The molecule has 1 N–H and O–H groups in total. The molecule has 0 bridgehead atoms. The Bertz CT molecular complexity index is 562. The Labute approximate surface area is 112 Å². The van der Waals surface area contributed by atoms with E-state index < -0.39 is 11.7 Å². The average Bonchev–Trinajstić information content (AvgIpc) is 2.34. The third kappa shape index (κ3) is 3.07. The van der Waals surface area contributed by atoms with Crippen molar-refractivity contribution in [2.45, 2.75) is 0 Å². The summed E-state index contributed by atoms with van der Waals surface area (Å²) < 4.78 is 4.94. The van der Waals surface area contributed by atoms with Crippen molar-refractivity contribution >= 4 is 35.2 Å². The van der Waals surface area contributed by atoms with Crippen molar-refractivity contribution in [3.8, 4) is 5.75 Å². The lowest BCUT2D eigenvalue weighted by Gasteiger charge is -2.07. The fourth-order valence-electron chi connectivity index (χ4n) is 1.15. The van der Waals surface area contributed by atoms with Gasteiger partial charge in [0.25, 0.3) is 0 Å². The minimum absolute atomic E-state index is 0.106. The van der Waals surface area contributed by atoms with Crippen LogP contribution in [0.4, 0.5) is 0 Å². The monoisotopic (exact) mass is 287 g/mol. The number of rotatable bonds is 4. The largest absolute Gasteiger partial charge is 0.543 e. The van der Waals surface area contributed by atoms with Gasteiger partial charge in [-0.1, -0.05) is 23.2 Å². The van der Waals surface area contributed by atoms with Crippen LogP contribution in [-0.2, 0) is 4.79 Å². The number of aliphatic carboxylic acids is 1. The van der Waals surface area contributed by atoms with Gasteiger partial charge in [0.1, 0.15) is 16.3 Å². The fourth-order valence-corrected chi connectivity index (χ4v) is 1.61. The first-order valence-electron chi connectivity index (χ1n) is 4.53. The molecule has 6 nitrogen and oxygen atoms in total. The highest BCUT2D eigenvalue weighted by molar-refractivity contribution is 6.43. The fraction of sp³-hybridized carbons (Fsp3) is 0.100. The van der Waals surface area contributed by atoms with Crippen molar-refractivity contribution in [1.82, 2.24) is 4.91 Å². The summed E-state index contributed by atoms with van der Waals surface area (Å²) in [7, 11) is 1.42.